The van der Waals surface area contributed by atoms with Gasteiger partial charge in [0.1, 0.15) is 23.5 Å². The minimum atomic E-state index is -0.338. The first kappa shape index (κ1) is 16.1. The van der Waals surface area contributed by atoms with Gasteiger partial charge in [-0.1, -0.05) is 18.2 Å². The van der Waals surface area contributed by atoms with Crippen molar-refractivity contribution in [3.63, 3.8) is 0 Å². The summed E-state index contributed by atoms with van der Waals surface area (Å²) in [5.74, 6) is 2.01. The molecule has 2 atom stereocenters. The summed E-state index contributed by atoms with van der Waals surface area (Å²) in [6.07, 6.45) is 4.26. The molecule has 4 rings (SSSR count). The van der Waals surface area contributed by atoms with E-state index < -0.39 is 0 Å². The van der Waals surface area contributed by atoms with E-state index in [1.165, 1.54) is 6.33 Å². The number of aromatic amines is 1. The Hall–Kier alpha value is -2.37. The molecule has 2 aliphatic heterocycles. The molecule has 0 bridgehead atoms. The zero-order chi connectivity index (χ0) is 17.4. The Bertz CT molecular complexity index is 757. The largest absolute Gasteiger partial charge is 0.488 e. The molecule has 0 radical (unpaired) electrons. The lowest BCUT2D eigenvalue weighted by atomic mass is 9.83. The van der Waals surface area contributed by atoms with E-state index in [1.54, 1.807) is 0 Å². The molecular formula is C19H24N4O2. The van der Waals surface area contributed by atoms with Crippen LogP contribution in [-0.4, -0.2) is 44.7 Å². The molecule has 2 aliphatic rings. The summed E-state index contributed by atoms with van der Waals surface area (Å²) in [5, 5.41) is 6.91. The molecule has 1 saturated heterocycles. The SMILES string of the molecule is CC1(C)CC(C(=O)N2CCCC(c3ncn[nH]3)C2)c2ccccc2O1. The topological polar surface area (TPSA) is 71.1 Å². The van der Waals surface area contributed by atoms with Crippen molar-refractivity contribution in [1.29, 1.82) is 0 Å². The lowest BCUT2D eigenvalue weighted by Crippen LogP contribution is -2.45. The maximum absolute atomic E-state index is 13.3. The van der Waals surface area contributed by atoms with Crippen LogP contribution in [0.15, 0.2) is 30.6 Å². The minimum absolute atomic E-state index is 0.145. The number of benzene rings is 1. The first-order valence-corrected chi connectivity index (χ1v) is 8.95. The fourth-order valence-corrected chi connectivity index (χ4v) is 4.06. The average Bonchev–Trinajstić information content (AvgIpc) is 3.14. The van der Waals surface area contributed by atoms with Gasteiger partial charge in [-0.05, 0) is 32.8 Å². The number of carbonyl (C=O) groups excluding carboxylic acids is 1. The number of rotatable bonds is 2. The van der Waals surface area contributed by atoms with E-state index in [2.05, 4.69) is 29.0 Å². The smallest absolute Gasteiger partial charge is 0.230 e. The summed E-state index contributed by atoms with van der Waals surface area (Å²) in [6, 6.07) is 7.92. The van der Waals surface area contributed by atoms with Crippen molar-refractivity contribution in [2.45, 2.75) is 50.5 Å². The molecule has 2 aromatic rings. The molecule has 3 heterocycles. The molecule has 1 aromatic heterocycles. The Morgan fingerprint density at radius 2 is 2.20 bits per heavy atom. The highest BCUT2D eigenvalue weighted by Gasteiger charge is 2.40. The van der Waals surface area contributed by atoms with Crippen LogP contribution < -0.4 is 4.74 Å². The molecule has 0 saturated carbocycles. The monoisotopic (exact) mass is 340 g/mol. The minimum Gasteiger partial charge on any atom is -0.488 e. The van der Waals surface area contributed by atoms with Gasteiger partial charge in [0.2, 0.25) is 5.91 Å². The van der Waals surface area contributed by atoms with Crippen molar-refractivity contribution in [2.24, 2.45) is 0 Å². The second kappa shape index (κ2) is 6.17. The second-order valence-electron chi connectivity index (χ2n) is 7.65. The van der Waals surface area contributed by atoms with Crippen LogP contribution in [0, 0.1) is 0 Å². The molecule has 1 amide bonds. The number of amides is 1. The van der Waals surface area contributed by atoms with E-state index in [-0.39, 0.29) is 23.3 Å². The summed E-state index contributed by atoms with van der Waals surface area (Å²) in [4.78, 5) is 19.6. The van der Waals surface area contributed by atoms with Crippen molar-refractivity contribution < 1.29 is 9.53 Å². The normalized spacial score (nSPS) is 25.1. The summed E-state index contributed by atoms with van der Waals surface area (Å²) in [7, 11) is 0. The number of hydrogen-bond acceptors (Lipinski definition) is 4. The summed E-state index contributed by atoms with van der Waals surface area (Å²) in [5.41, 5.74) is 0.669. The third-order valence-corrected chi connectivity index (χ3v) is 5.23. The lowest BCUT2D eigenvalue weighted by molar-refractivity contribution is -0.136. The Labute approximate surface area is 147 Å². The number of fused-ring (bicyclic) bond motifs is 1. The number of H-pyrrole nitrogens is 1. The fourth-order valence-electron chi connectivity index (χ4n) is 4.06. The molecule has 132 valence electrons. The molecule has 6 nitrogen and oxygen atoms in total. The Balaban J connectivity index is 1.58. The molecule has 2 unspecified atom stereocenters. The van der Waals surface area contributed by atoms with Crippen LogP contribution in [0.5, 0.6) is 5.75 Å². The molecule has 25 heavy (non-hydrogen) atoms. The van der Waals surface area contributed by atoms with Crippen LogP contribution in [0.25, 0.3) is 0 Å². The second-order valence-corrected chi connectivity index (χ2v) is 7.65. The van der Waals surface area contributed by atoms with E-state index in [1.807, 2.05) is 29.2 Å². The number of likely N-dealkylation sites (tertiary alicyclic amines) is 1. The van der Waals surface area contributed by atoms with Gasteiger partial charge in [0, 0.05) is 31.0 Å². The molecular weight excluding hydrogens is 316 g/mol. The zero-order valence-electron chi connectivity index (χ0n) is 14.7. The van der Waals surface area contributed by atoms with Gasteiger partial charge in [0.15, 0.2) is 0 Å². The lowest BCUT2D eigenvalue weighted by Gasteiger charge is -2.40. The van der Waals surface area contributed by atoms with Gasteiger partial charge in [-0.2, -0.15) is 5.10 Å². The van der Waals surface area contributed by atoms with E-state index in [9.17, 15) is 4.79 Å². The number of nitrogens with zero attached hydrogens (tertiary/aromatic N) is 3. The summed E-state index contributed by atoms with van der Waals surface area (Å²) < 4.78 is 6.07. The quantitative estimate of drug-likeness (QED) is 0.912. The van der Waals surface area contributed by atoms with Crippen LogP contribution in [0.3, 0.4) is 0 Å². The van der Waals surface area contributed by atoms with Gasteiger partial charge in [-0.25, -0.2) is 4.98 Å². The van der Waals surface area contributed by atoms with Crippen LogP contribution in [0.1, 0.15) is 56.3 Å². The molecule has 0 spiro atoms. The molecule has 1 aromatic carbocycles. The van der Waals surface area contributed by atoms with Crippen LogP contribution in [0.4, 0.5) is 0 Å². The number of hydrogen-bond donors (Lipinski definition) is 1. The molecule has 6 heteroatoms. The fraction of sp³-hybridized carbons (Fsp3) is 0.526. The Kier molecular flexibility index (Phi) is 3.98. The molecule has 1 fully saturated rings. The predicted octanol–water partition coefficient (Wildman–Crippen LogP) is 2.86. The van der Waals surface area contributed by atoms with Crippen molar-refractivity contribution in [3.8, 4) is 5.75 Å². The number of para-hydroxylation sites is 1. The maximum Gasteiger partial charge on any atom is 0.230 e. The van der Waals surface area contributed by atoms with Crippen molar-refractivity contribution >= 4 is 5.91 Å². The van der Waals surface area contributed by atoms with E-state index in [4.69, 9.17) is 4.74 Å². The average molecular weight is 340 g/mol. The number of aromatic nitrogens is 3. The third-order valence-electron chi connectivity index (χ3n) is 5.23. The highest BCUT2D eigenvalue weighted by atomic mass is 16.5. The van der Waals surface area contributed by atoms with E-state index >= 15 is 0 Å². The maximum atomic E-state index is 13.3. The van der Waals surface area contributed by atoms with Crippen molar-refractivity contribution in [3.05, 3.63) is 42.0 Å². The van der Waals surface area contributed by atoms with Crippen molar-refractivity contribution in [2.75, 3.05) is 13.1 Å². The summed E-state index contributed by atoms with van der Waals surface area (Å²) in [6.45, 7) is 5.62. The summed E-state index contributed by atoms with van der Waals surface area (Å²) >= 11 is 0. The Morgan fingerprint density at radius 3 is 3.00 bits per heavy atom. The molecule has 0 aliphatic carbocycles. The van der Waals surface area contributed by atoms with Crippen LogP contribution >= 0.6 is 0 Å². The zero-order valence-corrected chi connectivity index (χ0v) is 14.7. The van der Waals surface area contributed by atoms with Crippen LogP contribution in [-0.2, 0) is 4.79 Å². The van der Waals surface area contributed by atoms with Gasteiger partial charge in [-0.15, -0.1) is 0 Å². The third kappa shape index (κ3) is 3.13. The van der Waals surface area contributed by atoms with Gasteiger partial charge in [0.05, 0.1) is 5.92 Å². The highest BCUT2D eigenvalue weighted by molar-refractivity contribution is 5.85. The number of carbonyl (C=O) groups is 1. The van der Waals surface area contributed by atoms with Gasteiger partial charge in [0.25, 0.3) is 0 Å². The first-order valence-electron chi connectivity index (χ1n) is 8.95. The van der Waals surface area contributed by atoms with Crippen molar-refractivity contribution in [1.82, 2.24) is 20.1 Å². The van der Waals surface area contributed by atoms with E-state index in [0.29, 0.717) is 13.0 Å². The standard InChI is InChI=1S/C19H24N4O2/c1-19(2)10-15(14-7-3-4-8-16(14)25-19)18(24)23-9-5-6-13(11-23)17-20-12-21-22-17/h3-4,7-8,12-13,15H,5-6,9-11H2,1-2H3,(H,20,21,22). The van der Waals surface area contributed by atoms with Gasteiger partial charge >= 0.3 is 0 Å². The highest BCUT2D eigenvalue weighted by Crippen LogP contribution is 2.42. The number of piperidine rings is 1. The predicted molar refractivity (Wildman–Crippen MR) is 93.4 cm³/mol. The van der Waals surface area contributed by atoms with Gasteiger partial charge < -0.3 is 9.64 Å². The number of ether oxygens (including phenoxy) is 1. The van der Waals surface area contributed by atoms with E-state index in [0.717, 1.165) is 36.5 Å². The molecule has 1 N–H and O–H groups in total. The van der Waals surface area contributed by atoms with Crippen LogP contribution in [0.2, 0.25) is 0 Å². The Morgan fingerprint density at radius 1 is 1.36 bits per heavy atom. The number of nitrogens with one attached hydrogen (secondary N) is 1. The van der Waals surface area contributed by atoms with Gasteiger partial charge in [-0.3, -0.25) is 9.89 Å². The first-order chi connectivity index (χ1) is 12.0.